The van der Waals surface area contributed by atoms with Crippen molar-refractivity contribution in [2.75, 3.05) is 6.26 Å². The van der Waals surface area contributed by atoms with Gasteiger partial charge in [-0.05, 0) is 24.3 Å². The molecule has 0 aliphatic carbocycles. The van der Waals surface area contributed by atoms with Crippen LogP contribution in [0.1, 0.15) is 10.4 Å². The molecule has 26 heavy (non-hydrogen) atoms. The third kappa shape index (κ3) is 3.28. The SMILES string of the molecule is Cn1c(=NC(=O)c2ccc(S(C)(=O)=O)c([N+](=O)[O-])c2)sc2ccccc21. The van der Waals surface area contributed by atoms with E-state index in [-0.39, 0.29) is 5.56 Å². The van der Waals surface area contributed by atoms with Crippen molar-refractivity contribution in [2.24, 2.45) is 12.0 Å². The van der Waals surface area contributed by atoms with Gasteiger partial charge in [-0.15, -0.1) is 0 Å². The molecule has 0 radical (unpaired) electrons. The number of benzene rings is 2. The Hall–Kier alpha value is -2.85. The second-order valence-electron chi connectivity index (χ2n) is 5.54. The number of nitro groups is 1. The molecule has 0 fully saturated rings. The second kappa shape index (κ2) is 6.46. The Balaban J connectivity index is 2.11. The maximum Gasteiger partial charge on any atom is 0.288 e. The van der Waals surface area contributed by atoms with Gasteiger partial charge >= 0.3 is 0 Å². The topological polar surface area (TPSA) is 112 Å². The van der Waals surface area contributed by atoms with Gasteiger partial charge < -0.3 is 4.57 Å². The van der Waals surface area contributed by atoms with Gasteiger partial charge in [0.1, 0.15) is 4.90 Å². The Bertz CT molecular complexity index is 1220. The molecule has 0 bridgehead atoms. The number of carbonyl (C=O) groups is 1. The third-order valence-electron chi connectivity index (χ3n) is 3.71. The molecule has 0 saturated carbocycles. The zero-order valence-electron chi connectivity index (χ0n) is 13.7. The summed E-state index contributed by atoms with van der Waals surface area (Å²) in [7, 11) is -2.03. The molecule has 0 saturated heterocycles. The molecular formula is C16H13N3O5S2. The first-order valence-corrected chi connectivity index (χ1v) is 10.0. The van der Waals surface area contributed by atoms with E-state index in [9.17, 15) is 23.3 Å². The monoisotopic (exact) mass is 391 g/mol. The first kappa shape index (κ1) is 18.0. The number of para-hydroxylation sites is 1. The number of hydrogen-bond donors (Lipinski definition) is 0. The molecule has 0 N–H and O–H groups in total. The average Bonchev–Trinajstić information content (AvgIpc) is 2.89. The largest absolute Gasteiger partial charge is 0.319 e. The van der Waals surface area contributed by atoms with Crippen molar-refractivity contribution in [2.45, 2.75) is 4.90 Å². The van der Waals surface area contributed by atoms with Gasteiger partial charge in [0.25, 0.3) is 11.6 Å². The molecule has 8 nitrogen and oxygen atoms in total. The quantitative estimate of drug-likeness (QED) is 0.502. The van der Waals surface area contributed by atoms with Crippen LogP contribution in [0.4, 0.5) is 5.69 Å². The van der Waals surface area contributed by atoms with Crippen molar-refractivity contribution in [1.82, 2.24) is 4.57 Å². The first-order chi connectivity index (χ1) is 12.2. The van der Waals surface area contributed by atoms with Crippen molar-refractivity contribution >= 4 is 43.0 Å². The van der Waals surface area contributed by atoms with Crippen molar-refractivity contribution < 1.29 is 18.1 Å². The highest BCUT2D eigenvalue weighted by molar-refractivity contribution is 7.90. The molecule has 0 aliphatic heterocycles. The van der Waals surface area contributed by atoms with Crippen molar-refractivity contribution in [3.05, 3.63) is 62.9 Å². The number of amides is 1. The number of nitrogens with zero attached hydrogens (tertiary/aromatic N) is 3. The molecule has 0 unspecified atom stereocenters. The number of sulfone groups is 1. The second-order valence-corrected chi connectivity index (χ2v) is 8.53. The maximum atomic E-state index is 12.4. The van der Waals surface area contributed by atoms with E-state index in [1.54, 1.807) is 11.6 Å². The summed E-state index contributed by atoms with van der Waals surface area (Å²) in [5.74, 6) is -0.685. The van der Waals surface area contributed by atoms with Crippen LogP contribution in [0.15, 0.2) is 52.4 Å². The summed E-state index contributed by atoms with van der Waals surface area (Å²) in [4.78, 5) is 26.8. The molecule has 0 spiro atoms. The van der Waals surface area contributed by atoms with Crippen LogP contribution in [-0.2, 0) is 16.9 Å². The van der Waals surface area contributed by atoms with Crippen LogP contribution in [-0.4, -0.2) is 30.1 Å². The predicted octanol–water partition coefficient (Wildman–Crippen LogP) is 2.29. The van der Waals surface area contributed by atoms with E-state index in [2.05, 4.69) is 4.99 Å². The van der Waals surface area contributed by atoms with Crippen molar-refractivity contribution in [3.63, 3.8) is 0 Å². The fourth-order valence-electron chi connectivity index (χ4n) is 2.45. The molecule has 1 aromatic heterocycles. The summed E-state index contributed by atoms with van der Waals surface area (Å²) >= 11 is 1.31. The molecule has 3 rings (SSSR count). The van der Waals surface area contributed by atoms with Gasteiger partial charge in [0.2, 0.25) is 0 Å². The van der Waals surface area contributed by atoms with Crippen LogP contribution in [0.5, 0.6) is 0 Å². The Kier molecular flexibility index (Phi) is 4.46. The lowest BCUT2D eigenvalue weighted by Gasteiger charge is -2.02. The maximum absolute atomic E-state index is 12.4. The third-order valence-corrected chi connectivity index (χ3v) is 5.97. The number of aromatic nitrogens is 1. The molecule has 3 aromatic rings. The summed E-state index contributed by atoms with van der Waals surface area (Å²) < 4.78 is 26.0. The lowest BCUT2D eigenvalue weighted by Crippen LogP contribution is -2.13. The average molecular weight is 391 g/mol. The molecular weight excluding hydrogens is 378 g/mol. The number of thiazole rings is 1. The van der Waals surface area contributed by atoms with E-state index >= 15 is 0 Å². The molecule has 0 aliphatic rings. The Morgan fingerprint density at radius 1 is 1.23 bits per heavy atom. The van der Waals surface area contributed by atoms with Crippen LogP contribution < -0.4 is 4.80 Å². The Morgan fingerprint density at radius 3 is 2.54 bits per heavy atom. The number of fused-ring (bicyclic) bond motifs is 1. The predicted molar refractivity (Wildman–Crippen MR) is 96.9 cm³/mol. The highest BCUT2D eigenvalue weighted by atomic mass is 32.2. The van der Waals surface area contributed by atoms with E-state index in [0.29, 0.717) is 4.80 Å². The minimum absolute atomic E-state index is 0.0541. The van der Waals surface area contributed by atoms with Crippen LogP contribution in [0, 0.1) is 10.1 Å². The van der Waals surface area contributed by atoms with Gasteiger partial charge in [-0.25, -0.2) is 8.42 Å². The van der Waals surface area contributed by atoms with E-state index < -0.39 is 31.3 Å². The van der Waals surface area contributed by atoms with E-state index in [1.807, 2.05) is 24.3 Å². The van der Waals surface area contributed by atoms with Gasteiger partial charge in [0, 0.05) is 24.9 Å². The minimum atomic E-state index is -3.79. The molecule has 2 aromatic carbocycles. The number of nitro benzene ring substituents is 1. The van der Waals surface area contributed by atoms with Crippen LogP contribution in [0.2, 0.25) is 0 Å². The normalized spacial score (nSPS) is 12.5. The zero-order chi connectivity index (χ0) is 19.1. The fourth-order valence-corrected chi connectivity index (χ4v) is 4.29. The lowest BCUT2D eigenvalue weighted by molar-refractivity contribution is -0.387. The van der Waals surface area contributed by atoms with Gasteiger partial charge in [0.15, 0.2) is 14.6 Å². The number of carbonyl (C=O) groups excluding carboxylic acids is 1. The molecule has 0 atom stereocenters. The van der Waals surface area contributed by atoms with Crippen LogP contribution in [0.3, 0.4) is 0 Å². The molecule has 10 heteroatoms. The summed E-state index contributed by atoms with van der Waals surface area (Å²) in [6.07, 6.45) is 0.873. The zero-order valence-corrected chi connectivity index (χ0v) is 15.4. The van der Waals surface area contributed by atoms with E-state index in [1.165, 1.54) is 17.4 Å². The minimum Gasteiger partial charge on any atom is -0.319 e. The highest BCUT2D eigenvalue weighted by Gasteiger charge is 2.24. The summed E-state index contributed by atoms with van der Waals surface area (Å²) in [6, 6.07) is 10.8. The first-order valence-electron chi connectivity index (χ1n) is 7.30. The lowest BCUT2D eigenvalue weighted by atomic mass is 10.2. The molecule has 1 amide bonds. The number of aryl methyl sites for hydroxylation is 1. The van der Waals surface area contributed by atoms with Gasteiger partial charge in [-0.1, -0.05) is 23.5 Å². The number of rotatable bonds is 3. The van der Waals surface area contributed by atoms with Gasteiger partial charge in [-0.2, -0.15) is 4.99 Å². The summed E-state index contributed by atoms with van der Waals surface area (Å²) in [6.45, 7) is 0. The van der Waals surface area contributed by atoms with E-state index in [0.717, 1.165) is 28.6 Å². The van der Waals surface area contributed by atoms with Crippen molar-refractivity contribution in [1.29, 1.82) is 0 Å². The summed E-state index contributed by atoms with van der Waals surface area (Å²) in [5, 5.41) is 11.2. The smallest absolute Gasteiger partial charge is 0.288 e. The Labute approximate surface area is 152 Å². The molecule has 1 heterocycles. The van der Waals surface area contributed by atoms with Gasteiger partial charge in [0.05, 0.1) is 15.1 Å². The standard InChI is InChI=1S/C16H13N3O5S2/c1-18-11-5-3-4-6-13(11)25-16(18)17-15(20)10-7-8-14(26(2,23)24)12(9-10)19(21)22/h3-9H,1-2H3. The van der Waals surface area contributed by atoms with Crippen molar-refractivity contribution in [3.8, 4) is 0 Å². The summed E-state index contributed by atoms with van der Waals surface area (Å²) in [5.41, 5.74) is 0.207. The number of hydrogen-bond acceptors (Lipinski definition) is 6. The molecule has 134 valence electrons. The highest BCUT2D eigenvalue weighted by Crippen LogP contribution is 2.25. The van der Waals surface area contributed by atoms with Crippen LogP contribution >= 0.6 is 11.3 Å². The fraction of sp³-hybridized carbons (Fsp3) is 0.125. The Morgan fingerprint density at radius 2 is 1.92 bits per heavy atom. The van der Waals surface area contributed by atoms with Crippen LogP contribution in [0.25, 0.3) is 10.2 Å². The van der Waals surface area contributed by atoms with Gasteiger partial charge in [-0.3, -0.25) is 14.9 Å². The van der Waals surface area contributed by atoms with E-state index in [4.69, 9.17) is 0 Å².